The number of pyridine rings is 1. The Balaban J connectivity index is 2.20. The Bertz CT molecular complexity index is 998. The summed E-state index contributed by atoms with van der Waals surface area (Å²) in [5, 5.41) is 2.18. The molecule has 0 bridgehead atoms. The number of nitrogens with one attached hydrogen (secondary N) is 1. The fraction of sp³-hybridized carbons (Fsp3) is 0.300. The molecular formula is C20H15Cl3F6N2O. The molecule has 1 aromatic carbocycles. The Hall–Kier alpha value is -1.97. The fourth-order valence-electron chi connectivity index (χ4n) is 2.59. The standard InChI is InChI=1S/C20H15Cl3F6N2O/c1-10-14(21)5-12(6-15(10)22)13(20(27,28)29)3-2-11-4-16(23)17(30-8-11)9-31-18(32)7-19(24,25)26/h2-6,8,13H,7,9H2,1H3,(H,31,32)/b3-2+. The second-order valence-electron chi connectivity index (χ2n) is 6.75. The van der Waals surface area contributed by atoms with Crippen LogP contribution in [0.15, 0.2) is 30.5 Å². The van der Waals surface area contributed by atoms with E-state index in [1.165, 1.54) is 24.4 Å². The number of rotatable bonds is 6. The lowest BCUT2D eigenvalue weighted by Gasteiger charge is -2.18. The van der Waals surface area contributed by atoms with Crippen LogP contribution in [0.2, 0.25) is 15.1 Å². The monoisotopic (exact) mass is 518 g/mol. The predicted octanol–water partition coefficient (Wildman–Crippen LogP) is 7.28. The minimum Gasteiger partial charge on any atom is -0.350 e. The van der Waals surface area contributed by atoms with Crippen LogP contribution >= 0.6 is 34.8 Å². The van der Waals surface area contributed by atoms with Crippen molar-refractivity contribution in [2.75, 3.05) is 0 Å². The summed E-state index contributed by atoms with van der Waals surface area (Å²) in [6, 6.07) is 3.64. The molecule has 0 fully saturated rings. The maximum absolute atomic E-state index is 13.6. The van der Waals surface area contributed by atoms with Crippen molar-refractivity contribution in [3.05, 3.63) is 67.9 Å². The van der Waals surface area contributed by atoms with Gasteiger partial charge in [-0.25, -0.2) is 0 Å². The Labute approximate surface area is 194 Å². The predicted molar refractivity (Wildman–Crippen MR) is 111 cm³/mol. The molecule has 0 aliphatic carbocycles. The minimum absolute atomic E-state index is 0.0376. The minimum atomic E-state index is -4.66. The molecule has 12 heteroatoms. The van der Waals surface area contributed by atoms with Crippen LogP contribution in [0.1, 0.15) is 34.7 Å². The third kappa shape index (κ3) is 7.56. The first-order valence-corrected chi connectivity index (χ1v) is 9.99. The molecule has 174 valence electrons. The van der Waals surface area contributed by atoms with E-state index in [0.717, 1.165) is 12.2 Å². The van der Waals surface area contributed by atoms with Gasteiger partial charge in [-0.3, -0.25) is 9.78 Å². The van der Waals surface area contributed by atoms with Crippen LogP contribution in [0, 0.1) is 6.92 Å². The number of carbonyl (C=O) groups excluding carboxylic acids is 1. The van der Waals surface area contributed by atoms with Crippen LogP contribution in [0.25, 0.3) is 6.08 Å². The van der Waals surface area contributed by atoms with Crippen LogP contribution in [0.4, 0.5) is 26.3 Å². The van der Waals surface area contributed by atoms with Gasteiger partial charge in [-0.2, -0.15) is 26.3 Å². The number of halogens is 9. The molecule has 0 spiro atoms. The van der Waals surface area contributed by atoms with Gasteiger partial charge in [0.15, 0.2) is 0 Å². The first-order valence-electron chi connectivity index (χ1n) is 8.85. The average molecular weight is 520 g/mol. The molecule has 0 saturated heterocycles. The van der Waals surface area contributed by atoms with Gasteiger partial charge in [-0.05, 0) is 41.8 Å². The Morgan fingerprint density at radius 1 is 1.06 bits per heavy atom. The number of hydrogen-bond acceptors (Lipinski definition) is 2. The van der Waals surface area contributed by atoms with Gasteiger partial charge >= 0.3 is 12.4 Å². The first-order chi connectivity index (χ1) is 14.7. The molecule has 2 aromatic rings. The summed E-state index contributed by atoms with van der Waals surface area (Å²) >= 11 is 17.9. The lowest BCUT2D eigenvalue weighted by molar-refractivity contribution is -0.153. The highest BCUT2D eigenvalue weighted by Gasteiger charge is 2.39. The van der Waals surface area contributed by atoms with Crippen LogP contribution in [0.3, 0.4) is 0 Å². The number of hydrogen-bond donors (Lipinski definition) is 1. The van der Waals surface area contributed by atoms with Gasteiger partial charge in [0.05, 0.1) is 23.2 Å². The molecule has 1 atom stereocenters. The molecule has 0 aliphatic heterocycles. The molecule has 1 N–H and O–H groups in total. The smallest absolute Gasteiger partial charge is 0.350 e. The van der Waals surface area contributed by atoms with Crippen molar-refractivity contribution in [2.24, 2.45) is 0 Å². The van der Waals surface area contributed by atoms with Crippen LogP contribution in [-0.2, 0) is 11.3 Å². The molecule has 1 aromatic heterocycles. The first kappa shape index (κ1) is 26.3. The van der Waals surface area contributed by atoms with E-state index in [2.05, 4.69) is 4.98 Å². The van der Waals surface area contributed by atoms with Crippen molar-refractivity contribution in [2.45, 2.75) is 38.2 Å². The summed E-state index contributed by atoms with van der Waals surface area (Å²) in [6.45, 7) is 1.21. The normalized spacial score (nSPS) is 13.4. The molecule has 1 amide bonds. The highest BCUT2D eigenvalue weighted by Crippen LogP contribution is 2.39. The van der Waals surface area contributed by atoms with E-state index in [1.807, 2.05) is 5.32 Å². The highest BCUT2D eigenvalue weighted by atomic mass is 35.5. The van der Waals surface area contributed by atoms with E-state index >= 15 is 0 Å². The number of benzene rings is 1. The number of allylic oxidation sites excluding steroid dienone is 1. The maximum atomic E-state index is 13.6. The molecule has 0 radical (unpaired) electrons. The van der Waals surface area contributed by atoms with E-state index in [4.69, 9.17) is 34.8 Å². The van der Waals surface area contributed by atoms with Gasteiger partial charge in [0.1, 0.15) is 6.42 Å². The summed E-state index contributed by atoms with van der Waals surface area (Å²) in [7, 11) is 0. The van der Waals surface area contributed by atoms with E-state index in [0.29, 0.717) is 5.56 Å². The third-order valence-corrected chi connectivity index (χ3v) is 5.36. The number of nitrogens with zero attached hydrogens (tertiary/aromatic N) is 1. The van der Waals surface area contributed by atoms with Crippen molar-refractivity contribution < 1.29 is 31.1 Å². The molecule has 32 heavy (non-hydrogen) atoms. The lowest BCUT2D eigenvalue weighted by atomic mass is 9.96. The summed E-state index contributed by atoms with van der Waals surface area (Å²) in [5.74, 6) is -3.28. The van der Waals surface area contributed by atoms with Crippen molar-refractivity contribution in [3.63, 3.8) is 0 Å². The molecule has 1 unspecified atom stereocenters. The SMILES string of the molecule is Cc1c(Cl)cc(C(/C=C/c2cnc(CNC(=O)CC(F)(F)F)c(Cl)c2)C(F)(F)F)cc1Cl. The summed E-state index contributed by atoms with van der Waals surface area (Å²) in [5.41, 5.74) is 0.566. The van der Waals surface area contributed by atoms with Crippen molar-refractivity contribution in [1.29, 1.82) is 0 Å². The van der Waals surface area contributed by atoms with Gasteiger partial charge in [0.25, 0.3) is 0 Å². The summed E-state index contributed by atoms with van der Waals surface area (Å²) in [4.78, 5) is 15.1. The zero-order valence-corrected chi connectivity index (χ0v) is 18.5. The number of aromatic nitrogens is 1. The second kappa shape index (κ2) is 10.3. The lowest BCUT2D eigenvalue weighted by Crippen LogP contribution is -2.28. The van der Waals surface area contributed by atoms with Crippen molar-refractivity contribution >= 4 is 46.8 Å². The van der Waals surface area contributed by atoms with Gasteiger partial charge in [0.2, 0.25) is 5.91 Å². The average Bonchev–Trinajstić information content (AvgIpc) is 2.63. The number of carbonyl (C=O) groups is 1. The van der Waals surface area contributed by atoms with Gasteiger partial charge in [0, 0.05) is 16.2 Å². The summed E-state index contributed by atoms with van der Waals surface area (Å²) < 4.78 is 77.4. The van der Waals surface area contributed by atoms with Gasteiger partial charge in [-0.15, -0.1) is 0 Å². The highest BCUT2D eigenvalue weighted by molar-refractivity contribution is 6.36. The molecular weight excluding hydrogens is 505 g/mol. The number of alkyl halides is 6. The quantitative estimate of drug-likeness (QED) is 0.408. The Kier molecular flexibility index (Phi) is 8.47. The van der Waals surface area contributed by atoms with Crippen molar-refractivity contribution in [3.8, 4) is 0 Å². The molecule has 2 rings (SSSR count). The van der Waals surface area contributed by atoms with Gasteiger partial charge < -0.3 is 5.32 Å². The molecule has 3 nitrogen and oxygen atoms in total. The van der Waals surface area contributed by atoms with Gasteiger partial charge in [-0.1, -0.05) is 47.0 Å². The van der Waals surface area contributed by atoms with E-state index < -0.39 is 30.6 Å². The summed E-state index contributed by atoms with van der Waals surface area (Å²) in [6.07, 6.45) is -7.75. The van der Waals surface area contributed by atoms with Crippen LogP contribution < -0.4 is 5.32 Å². The maximum Gasteiger partial charge on any atom is 0.399 e. The van der Waals surface area contributed by atoms with E-state index in [-0.39, 0.29) is 38.4 Å². The molecule has 0 saturated carbocycles. The fourth-order valence-corrected chi connectivity index (χ4v) is 3.34. The number of amides is 1. The Morgan fingerprint density at radius 2 is 1.66 bits per heavy atom. The van der Waals surface area contributed by atoms with E-state index in [1.54, 1.807) is 6.92 Å². The topological polar surface area (TPSA) is 42.0 Å². The largest absolute Gasteiger partial charge is 0.399 e. The van der Waals surface area contributed by atoms with Crippen LogP contribution in [-0.4, -0.2) is 23.2 Å². The molecule has 1 heterocycles. The van der Waals surface area contributed by atoms with E-state index in [9.17, 15) is 31.1 Å². The van der Waals surface area contributed by atoms with Crippen molar-refractivity contribution in [1.82, 2.24) is 10.3 Å². The third-order valence-electron chi connectivity index (χ3n) is 4.25. The second-order valence-corrected chi connectivity index (χ2v) is 7.98. The van der Waals surface area contributed by atoms with Crippen LogP contribution in [0.5, 0.6) is 0 Å². The Morgan fingerprint density at radius 3 is 2.16 bits per heavy atom. The zero-order valence-electron chi connectivity index (χ0n) is 16.2. The molecule has 0 aliphatic rings. The zero-order chi connectivity index (χ0) is 24.3.